The van der Waals surface area contributed by atoms with Gasteiger partial charge in [-0.1, -0.05) is 57.2 Å². The number of benzene rings is 3. The number of imidazole rings is 1. The Morgan fingerprint density at radius 1 is 0.853 bits per heavy atom. The summed E-state index contributed by atoms with van der Waals surface area (Å²) >= 11 is 0. The summed E-state index contributed by atoms with van der Waals surface area (Å²) in [6.07, 6.45) is 1.99. The van der Waals surface area contributed by atoms with Crippen molar-refractivity contribution < 1.29 is 9.47 Å². The van der Waals surface area contributed by atoms with Crippen LogP contribution in [0.5, 0.6) is 11.5 Å². The number of hydrogen-bond acceptors (Lipinski definition) is 3. The van der Waals surface area contributed by atoms with E-state index < -0.39 is 0 Å². The molecule has 0 N–H and O–H groups in total. The van der Waals surface area contributed by atoms with Crippen LogP contribution in [-0.4, -0.2) is 16.2 Å². The molecule has 0 saturated carbocycles. The van der Waals surface area contributed by atoms with Crippen molar-refractivity contribution in [3.63, 3.8) is 0 Å². The number of para-hydroxylation sites is 2. The standard InChI is InChI=1S/C30H36N2O2/c1-22-12-13-23(2)28(20-22)33-19-9-8-18-32-27-11-7-6-10-26(27)31-29(32)21-34-25-16-14-24(15-17-25)30(3,4)5/h6-7,10-17,20H,8-9,18-19,21H2,1-5H3. The normalized spacial score (nSPS) is 11.7. The highest BCUT2D eigenvalue weighted by molar-refractivity contribution is 5.75. The highest BCUT2D eigenvalue weighted by Crippen LogP contribution is 2.25. The Kier molecular flexibility index (Phi) is 7.26. The van der Waals surface area contributed by atoms with Gasteiger partial charge in [-0.05, 0) is 79.1 Å². The summed E-state index contributed by atoms with van der Waals surface area (Å²) in [5, 5.41) is 0. The summed E-state index contributed by atoms with van der Waals surface area (Å²) in [6.45, 7) is 12.9. The molecule has 0 amide bonds. The van der Waals surface area contributed by atoms with E-state index >= 15 is 0 Å². The van der Waals surface area contributed by atoms with Crippen LogP contribution in [0.2, 0.25) is 0 Å². The molecule has 4 nitrogen and oxygen atoms in total. The van der Waals surface area contributed by atoms with Crippen molar-refractivity contribution >= 4 is 11.0 Å². The highest BCUT2D eigenvalue weighted by atomic mass is 16.5. The van der Waals surface area contributed by atoms with Gasteiger partial charge in [0, 0.05) is 6.54 Å². The molecule has 4 rings (SSSR count). The van der Waals surface area contributed by atoms with E-state index in [-0.39, 0.29) is 5.41 Å². The Morgan fingerprint density at radius 2 is 1.62 bits per heavy atom. The number of fused-ring (bicyclic) bond motifs is 1. The molecule has 0 unspecified atom stereocenters. The van der Waals surface area contributed by atoms with Crippen LogP contribution in [0.25, 0.3) is 11.0 Å². The number of rotatable bonds is 9. The van der Waals surface area contributed by atoms with Gasteiger partial charge in [-0.3, -0.25) is 0 Å². The smallest absolute Gasteiger partial charge is 0.147 e. The molecule has 3 aromatic carbocycles. The number of nitrogens with zero attached hydrogens (tertiary/aromatic N) is 2. The number of ether oxygens (including phenoxy) is 2. The summed E-state index contributed by atoms with van der Waals surface area (Å²) in [7, 11) is 0. The average Bonchev–Trinajstić information content (AvgIpc) is 3.17. The Balaban J connectivity index is 1.38. The summed E-state index contributed by atoms with van der Waals surface area (Å²) in [4.78, 5) is 4.86. The Hall–Kier alpha value is -3.27. The van der Waals surface area contributed by atoms with Gasteiger partial charge in [-0.2, -0.15) is 0 Å². The molecular weight excluding hydrogens is 420 g/mol. The minimum atomic E-state index is 0.133. The van der Waals surface area contributed by atoms with E-state index in [2.05, 4.69) is 99.8 Å². The fourth-order valence-corrected chi connectivity index (χ4v) is 4.10. The zero-order chi connectivity index (χ0) is 24.1. The van der Waals surface area contributed by atoms with Crippen LogP contribution in [0.3, 0.4) is 0 Å². The van der Waals surface area contributed by atoms with Gasteiger partial charge < -0.3 is 14.0 Å². The summed E-state index contributed by atoms with van der Waals surface area (Å²) in [6, 6.07) is 23.1. The van der Waals surface area contributed by atoms with Crippen LogP contribution < -0.4 is 9.47 Å². The van der Waals surface area contributed by atoms with E-state index in [4.69, 9.17) is 14.5 Å². The fourth-order valence-electron chi connectivity index (χ4n) is 4.10. The van der Waals surface area contributed by atoms with E-state index in [9.17, 15) is 0 Å². The molecule has 0 fully saturated rings. The van der Waals surface area contributed by atoms with Gasteiger partial charge in [-0.25, -0.2) is 4.98 Å². The van der Waals surface area contributed by atoms with Gasteiger partial charge in [0.2, 0.25) is 0 Å². The number of aromatic nitrogens is 2. The zero-order valence-corrected chi connectivity index (χ0v) is 21.1. The molecule has 1 aromatic heterocycles. The second-order valence-electron chi connectivity index (χ2n) is 10.1. The lowest BCUT2D eigenvalue weighted by molar-refractivity contribution is 0.284. The van der Waals surface area contributed by atoms with Crippen molar-refractivity contribution in [1.29, 1.82) is 0 Å². The Labute approximate surface area is 203 Å². The molecule has 34 heavy (non-hydrogen) atoms. The van der Waals surface area contributed by atoms with Crippen molar-refractivity contribution in [3.05, 3.63) is 89.2 Å². The Bertz CT molecular complexity index is 1230. The molecule has 0 bridgehead atoms. The third-order valence-corrected chi connectivity index (χ3v) is 6.20. The summed E-state index contributed by atoms with van der Waals surface area (Å²) in [5.74, 6) is 2.81. The largest absolute Gasteiger partial charge is 0.493 e. The second-order valence-corrected chi connectivity index (χ2v) is 10.1. The quantitative estimate of drug-likeness (QED) is 0.246. The fraction of sp³-hybridized carbons (Fsp3) is 0.367. The van der Waals surface area contributed by atoms with Gasteiger partial charge in [0.1, 0.15) is 23.9 Å². The first-order valence-corrected chi connectivity index (χ1v) is 12.2. The van der Waals surface area contributed by atoms with E-state index in [1.54, 1.807) is 0 Å². The lowest BCUT2D eigenvalue weighted by Crippen LogP contribution is -2.11. The third kappa shape index (κ3) is 5.80. The predicted octanol–water partition coefficient (Wildman–Crippen LogP) is 7.39. The molecule has 4 heteroatoms. The average molecular weight is 457 g/mol. The van der Waals surface area contributed by atoms with Crippen LogP contribution in [0.1, 0.15) is 56.1 Å². The van der Waals surface area contributed by atoms with Gasteiger partial charge in [-0.15, -0.1) is 0 Å². The molecule has 0 aliphatic heterocycles. The SMILES string of the molecule is Cc1ccc(C)c(OCCCCn2c(COc3ccc(C(C)(C)C)cc3)nc3ccccc32)c1. The molecule has 0 atom stereocenters. The van der Waals surface area contributed by atoms with Crippen LogP contribution in [0, 0.1) is 13.8 Å². The molecule has 178 valence electrons. The molecule has 0 aliphatic rings. The lowest BCUT2D eigenvalue weighted by atomic mass is 9.87. The van der Waals surface area contributed by atoms with Crippen molar-refractivity contribution in [3.8, 4) is 11.5 Å². The number of hydrogen-bond donors (Lipinski definition) is 0. The van der Waals surface area contributed by atoms with Crippen LogP contribution in [-0.2, 0) is 18.6 Å². The molecule has 0 aliphatic carbocycles. The molecular formula is C30H36N2O2. The van der Waals surface area contributed by atoms with Crippen LogP contribution in [0.4, 0.5) is 0 Å². The number of aryl methyl sites for hydroxylation is 3. The van der Waals surface area contributed by atoms with Crippen LogP contribution >= 0.6 is 0 Å². The molecule has 0 saturated heterocycles. The predicted molar refractivity (Wildman–Crippen MR) is 140 cm³/mol. The second kappa shape index (κ2) is 10.3. The maximum Gasteiger partial charge on any atom is 0.147 e. The van der Waals surface area contributed by atoms with E-state index in [1.807, 2.05) is 6.07 Å². The lowest BCUT2D eigenvalue weighted by Gasteiger charge is -2.19. The van der Waals surface area contributed by atoms with E-state index in [0.717, 1.165) is 47.7 Å². The molecule has 0 radical (unpaired) electrons. The topological polar surface area (TPSA) is 36.3 Å². The third-order valence-electron chi connectivity index (χ3n) is 6.20. The van der Waals surface area contributed by atoms with Crippen LogP contribution in [0.15, 0.2) is 66.7 Å². The van der Waals surface area contributed by atoms with Gasteiger partial charge in [0.05, 0.1) is 17.6 Å². The van der Waals surface area contributed by atoms with E-state index in [1.165, 1.54) is 16.7 Å². The molecule has 4 aromatic rings. The first-order chi connectivity index (χ1) is 16.3. The zero-order valence-electron chi connectivity index (χ0n) is 21.1. The maximum atomic E-state index is 6.13. The molecule has 0 spiro atoms. The maximum absolute atomic E-state index is 6.13. The van der Waals surface area contributed by atoms with Gasteiger partial charge >= 0.3 is 0 Å². The minimum absolute atomic E-state index is 0.133. The first kappa shape index (κ1) is 23.9. The monoisotopic (exact) mass is 456 g/mol. The minimum Gasteiger partial charge on any atom is -0.493 e. The first-order valence-electron chi connectivity index (χ1n) is 12.2. The summed E-state index contributed by atoms with van der Waals surface area (Å²) < 4.78 is 14.5. The van der Waals surface area contributed by atoms with Crippen molar-refractivity contribution in [2.24, 2.45) is 0 Å². The Morgan fingerprint density at radius 3 is 2.38 bits per heavy atom. The highest BCUT2D eigenvalue weighted by Gasteiger charge is 2.14. The van der Waals surface area contributed by atoms with E-state index in [0.29, 0.717) is 13.2 Å². The van der Waals surface area contributed by atoms with Gasteiger partial charge in [0.15, 0.2) is 0 Å². The summed E-state index contributed by atoms with van der Waals surface area (Å²) in [5.41, 5.74) is 6.00. The molecule has 1 heterocycles. The van der Waals surface area contributed by atoms with Crippen molar-refractivity contribution in [2.45, 2.75) is 66.0 Å². The number of unbranched alkanes of at least 4 members (excludes halogenated alkanes) is 1. The van der Waals surface area contributed by atoms with Crippen molar-refractivity contribution in [1.82, 2.24) is 9.55 Å². The van der Waals surface area contributed by atoms with Gasteiger partial charge in [0.25, 0.3) is 0 Å². The van der Waals surface area contributed by atoms with Crippen molar-refractivity contribution in [2.75, 3.05) is 6.61 Å².